The number of aryl methyl sites for hydroxylation is 1. The lowest BCUT2D eigenvalue weighted by molar-refractivity contribution is -0.0919. The average Bonchev–Trinajstić information content (AvgIpc) is 2.52. The Morgan fingerprint density at radius 1 is 1.35 bits per heavy atom. The van der Waals surface area contributed by atoms with Crippen LogP contribution in [0.25, 0.3) is 0 Å². The molecule has 1 aromatic carbocycles. The third-order valence-electron chi connectivity index (χ3n) is 4.35. The van der Waals surface area contributed by atoms with Crippen molar-refractivity contribution in [3.8, 4) is 0 Å². The van der Waals surface area contributed by atoms with Crippen molar-refractivity contribution < 1.29 is 10.0 Å². The fourth-order valence-corrected chi connectivity index (χ4v) is 3.28. The van der Waals surface area contributed by atoms with E-state index >= 15 is 0 Å². The maximum Gasteiger partial charge on any atom is 0.341 e. The summed E-state index contributed by atoms with van der Waals surface area (Å²) in [6.45, 7) is 5.41. The van der Waals surface area contributed by atoms with Gasteiger partial charge in [0.25, 0.3) is 0 Å². The van der Waals surface area contributed by atoms with Crippen molar-refractivity contribution in [1.82, 2.24) is 15.3 Å². The van der Waals surface area contributed by atoms with Gasteiger partial charge in [0.1, 0.15) is 0 Å². The van der Waals surface area contributed by atoms with Crippen LogP contribution in [0.3, 0.4) is 0 Å². The number of piperidine rings is 1. The lowest BCUT2D eigenvalue weighted by Gasteiger charge is -2.33. The van der Waals surface area contributed by atoms with Gasteiger partial charge >= 0.3 is 6.03 Å². The molecule has 1 fully saturated rings. The van der Waals surface area contributed by atoms with Crippen LogP contribution in [0.4, 0.5) is 4.79 Å². The van der Waals surface area contributed by atoms with E-state index in [0.717, 1.165) is 42.1 Å². The number of hydroxylamine groups is 2. The lowest BCUT2D eigenvalue weighted by atomic mass is 10.1. The minimum atomic E-state index is -0.514. The molecule has 1 aliphatic heterocycles. The number of halogens is 2. The zero-order chi connectivity index (χ0) is 17.1. The largest absolute Gasteiger partial charge is 0.341 e. The van der Waals surface area contributed by atoms with Gasteiger partial charge in [-0.3, -0.25) is 5.21 Å². The van der Waals surface area contributed by atoms with Crippen molar-refractivity contribution in [2.24, 2.45) is 0 Å². The smallest absolute Gasteiger partial charge is 0.330 e. The van der Waals surface area contributed by atoms with Gasteiger partial charge < -0.3 is 10.2 Å². The third-order valence-corrected chi connectivity index (χ3v) is 5.34. The highest BCUT2D eigenvalue weighted by atomic mass is 35.5. The van der Waals surface area contributed by atoms with Gasteiger partial charge in [-0.05, 0) is 58.0 Å². The van der Waals surface area contributed by atoms with Crippen LogP contribution in [-0.2, 0) is 0 Å². The van der Waals surface area contributed by atoms with Gasteiger partial charge in [0, 0.05) is 0 Å². The second kappa shape index (κ2) is 7.71. The zero-order valence-corrected chi connectivity index (χ0v) is 15.2. The summed E-state index contributed by atoms with van der Waals surface area (Å²) >= 11 is 12.4. The quantitative estimate of drug-likeness (QED) is 0.636. The van der Waals surface area contributed by atoms with Gasteiger partial charge in [0.2, 0.25) is 0 Å². The van der Waals surface area contributed by atoms with E-state index in [1.165, 1.54) is 0 Å². The van der Waals surface area contributed by atoms with Crippen molar-refractivity contribution in [2.45, 2.75) is 38.8 Å². The standard InChI is InChI=1S/C16H23Cl2N3O2/c1-10-4-5-13(15(18)14(10)17)11(2)19-16(22)21(23)12-6-8-20(3)9-7-12/h4-5,11-12,23H,6-9H2,1-3H3,(H,19,22). The molecule has 2 amide bonds. The van der Waals surface area contributed by atoms with Gasteiger partial charge in [-0.25, -0.2) is 9.86 Å². The number of amides is 2. The van der Waals surface area contributed by atoms with Gasteiger partial charge in [-0.1, -0.05) is 35.3 Å². The maximum absolute atomic E-state index is 12.2. The molecular formula is C16H23Cl2N3O2. The predicted octanol–water partition coefficient (Wildman–Crippen LogP) is 3.86. The molecule has 0 aromatic heterocycles. The summed E-state index contributed by atoms with van der Waals surface area (Å²) in [5, 5.41) is 14.6. The molecule has 1 heterocycles. The number of likely N-dealkylation sites (tertiary alicyclic amines) is 1. The van der Waals surface area contributed by atoms with Crippen molar-refractivity contribution in [3.05, 3.63) is 33.3 Å². The van der Waals surface area contributed by atoms with Crippen LogP contribution in [0.15, 0.2) is 12.1 Å². The third kappa shape index (κ3) is 4.29. The number of hydrogen-bond acceptors (Lipinski definition) is 3. The van der Waals surface area contributed by atoms with E-state index in [-0.39, 0.29) is 12.1 Å². The Morgan fingerprint density at radius 2 is 1.96 bits per heavy atom. The highest BCUT2D eigenvalue weighted by Crippen LogP contribution is 2.32. The van der Waals surface area contributed by atoms with Crippen molar-refractivity contribution in [2.75, 3.05) is 20.1 Å². The second-order valence-corrected chi connectivity index (χ2v) is 6.91. The van der Waals surface area contributed by atoms with Crippen LogP contribution in [0.5, 0.6) is 0 Å². The molecule has 0 radical (unpaired) electrons. The summed E-state index contributed by atoms with van der Waals surface area (Å²) in [5.74, 6) is 0. The Kier molecular flexibility index (Phi) is 6.14. The molecule has 23 heavy (non-hydrogen) atoms. The molecule has 1 saturated heterocycles. The van der Waals surface area contributed by atoms with Crippen LogP contribution in [-0.4, -0.2) is 47.4 Å². The molecule has 0 aliphatic carbocycles. The van der Waals surface area contributed by atoms with Crippen LogP contribution >= 0.6 is 23.2 Å². The van der Waals surface area contributed by atoms with Crippen LogP contribution < -0.4 is 5.32 Å². The van der Waals surface area contributed by atoms with Crippen LogP contribution in [0, 0.1) is 6.92 Å². The first kappa shape index (κ1) is 18.3. The molecule has 2 N–H and O–H groups in total. The fourth-order valence-electron chi connectivity index (χ4n) is 2.73. The van der Waals surface area contributed by atoms with Gasteiger partial charge in [0.05, 0.1) is 22.1 Å². The molecule has 1 aromatic rings. The second-order valence-electron chi connectivity index (χ2n) is 6.15. The van der Waals surface area contributed by atoms with Crippen molar-refractivity contribution >= 4 is 29.2 Å². The molecule has 0 bridgehead atoms. The number of benzene rings is 1. The number of hydrogen-bond donors (Lipinski definition) is 2. The summed E-state index contributed by atoms with van der Waals surface area (Å²) in [5.41, 5.74) is 1.61. The molecule has 5 nitrogen and oxygen atoms in total. The van der Waals surface area contributed by atoms with Gasteiger partial charge in [-0.2, -0.15) is 0 Å². The Balaban J connectivity index is 2.01. The van der Waals surface area contributed by atoms with Crippen molar-refractivity contribution in [3.63, 3.8) is 0 Å². The highest BCUT2D eigenvalue weighted by Gasteiger charge is 2.27. The SMILES string of the molecule is Cc1ccc(C(C)NC(=O)N(O)C2CCN(C)CC2)c(Cl)c1Cl. The first-order valence-electron chi connectivity index (χ1n) is 7.73. The van der Waals surface area contributed by atoms with Crippen LogP contribution in [0.2, 0.25) is 10.0 Å². The summed E-state index contributed by atoms with van der Waals surface area (Å²) in [6.07, 6.45) is 1.51. The van der Waals surface area contributed by atoms with Crippen LogP contribution in [0.1, 0.15) is 36.9 Å². The number of nitrogens with zero attached hydrogens (tertiary/aromatic N) is 2. The number of carbonyl (C=O) groups excluding carboxylic acids is 1. The van der Waals surface area contributed by atoms with Gasteiger partial charge in [0.15, 0.2) is 0 Å². The van der Waals surface area contributed by atoms with E-state index in [1.807, 2.05) is 33.0 Å². The number of carbonyl (C=O) groups is 1. The zero-order valence-electron chi connectivity index (χ0n) is 13.6. The molecule has 0 saturated carbocycles. The van der Waals surface area contributed by atoms with E-state index in [4.69, 9.17) is 23.2 Å². The summed E-state index contributed by atoms with van der Waals surface area (Å²) in [6, 6.07) is 2.68. The normalized spacial score (nSPS) is 17.8. The fraction of sp³-hybridized carbons (Fsp3) is 0.562. The minimum Gasteiger partial charge on any atom is -0.330 e. The number of rotatable bonds is 3. The topological polar surface area (TPSA) is 55.8 Å². The molecule has 7 heteroatoms. The van der Waals surface area contributed by atoms with Gasteiger partial charge in [-0.15, -0.1) is 0 Å². The molecule has 128 valence electrons. The summed E-state index contributed by atoms with van der Waals surface area (Å²) in [7, 11) is 2.03. The summed E-state index contributed by atoms with van der Waals surface area (Å²) < 4.78 is 0. The molecule has 1 unspecified atom stereocenters. The molecular weight excluding hydrogens is 337 g/mol. The predicted molar refractivity (Wildman–Crippen MR) is 92.3 cm³/mol. The lowest BCUT2D eigenvalue weighted by Crippen LogP contribution is -2.48. The monoisotopic (exact) mass is 359 g/mol. The van der Waals surface area contributed by atoms with Crippen molar-refractivity contribution in [1.29, 1.82) is 0 Å². The number of urea groups is 1. The highest BCUT2D eigenvalue weighted by molar-refractivity contribution is 6.43. The Labute approximate surface area is 147 Å². The number of nitrogens with one attached hydrogen (secondary N) is 1. The average molecular weight is 360 g/mol. The first-order valence-corrected chi connectivity index (χ1v) is 8.48. The molecule has 2 rings (SSSR count). The summed E-state index contributed by atoms with van der Waals surface area (Å²) in [4.78, 5) is 14.4. The van der Waals surface area contributed by atoms with E-state index < -0.39 is 6.03 Å². The van der Waals surface area contributed by atoms with E-state index in [0.29, 0.717) is 10.0 Å². The van der Waals surface area contributed by atoms with E-state index in [9.17, 15) is 10.0 Å². The first-order chi connectivity index (χ1) is 10.8. The van der Waals surface area contributed by atoms with E-state index in [2.05, 4.69) is 10.2 Å². The molecule has 1 atom stereocenters. The Hall–Kier alpha value is -1.01. The Morgan fingerprint density at radius 3 is 2.57 bits per heavy atom. The minimum absolute atomic E-state index is 0.157. The maximum atomic E-state index is 12.2. The molecule has 0 spiro atoms. The van der Waals surface area contributed by atoms with E-state index in [1.54, 1.807) is 0 Å². The Bertz CT molecular complexity index is 575. The molecule has 1 aliphatic rings.